The molecule has 0 amide bonds. The predicted molar refractivity (Wildman–Crippen MR) is 80.8 cm³/mol. The van der Waals surface area contributed by atoms with Crippen LogP contribution in [0.25, 0.3) is 0 Å². The van der Waals surface area contributed by atoms with Gasteiger partial charge in [0.25, 0.3) is 0 Å². The van der Waals surface area contributed by atoms with E-state index < -0.39 is 0 Å². The largest absolute Gasteiger partial charge is 0.494 e. The van der Waals surface area contributed by atoms with Crippen LogP contribution in [0.4, 0.5) is 0 Å². The standard InChI is InChI=1S/C17H25NO2/c1-4-19-15-9-13-8-12(2)20-16(13)10-14(15)11-17(3)6-5-7-18-17/h9-10,12,18H,4-8,11H2,1-3H3. The van der Waals surface area contributed by atoms with Crippen LogP contribution in [0.3, 0.4) is 0 Å². The number of hydrogen-bond donors (Lipinski definition) is 1. The molecule has 1 N–H and O–H groups in total. The van der Waals surface area contributed by atoms with Crippen LogP contribution in [-0.2, 0) is 12.8 Å². The monoisotopic (exact) mass is 275 g/mol. The van der Waals surface area contributed by atoms with Gasteiger partial charge in [0.1, 0.15) is 17.6 Å². The van der Waals surface area contributed by atoms with E-state index in [1.807, 2.05) is 6.92 Å². The number of benzene rings is 1. The van der Waals surface area contributed by atoms with E-state index in [1.54, 1.807) is 0 Å². The van der Waals surface area contributed by atoms with E-state index in [4.69, 9.17) is 9.47 Å². The summed E-state index contributed by atoms with van der Waals surface area (Å²) in [6, 6.07) is 4.39. The normalized spacial score (nSPS) is 28.2. The minimum absolute atomic E-state index is 0.199. The number of hydrogen-bond acceptors (Lipinski definition) is 3. The molecular formula is C17H25NO2. The van der Waals surface area contributed by atoms with Crippen LogP contribution in [0.1, 0.15) is 44.7 Å². The first-order valence-electron chi connectivity index (χ1n) is 7.80. The Bertz CT molecular complexity index is 492. The molecule has 2 heterocycles. The van der Waals surface area contributed by atoms with Gasteiger partial charge in [-0.2, -0.15) is 0 Å². The highest BCUT2D eigenvalue weighted by atomic mass is 16.5. The van der Waals surface area contributed by atoms with E-state index >= 15 is 0 Å². The topological polar surface area (TPSA) is 30.5 Å². The lowest BCUT2D eigenvalue weighted by Crippen LogP contribution is -2.38. The molecule has 1 aromatic carbocycles. The fourth-order valence-corrected chi connectivity index (χ4v) is 3.44. The quantitative estimate of drug-likeness (QED) is 0.916. The predicted octanol–water partition coefficient (Wildman–Crippen LogP) is 3.09. The average Bonchev–Trinajstić information content (AvgIpc) is 2.95. The van der Waals surface area contributed by atoms with Crippen LogP contribution in [0.5, 0.6) is 11.5 Å². The van der Waals surface area contributed by atoms with Crippen molar-refractivity contribution in [3.63, 3.8) is 0 Å². The molecule has 2 aliphatic rings. The lowest BCUT2D eigenvalue weighted by molar-refractivity contribution is 0.254. The summed E-state index contributed by atoms with van der Waals surface area (Å²) >= 11 is 0. The van der Waals surface area contributed by atoms with Gasteiger partial charge >= 0.3 is 0 Å². The van der Waals surface area contributed by atoms with E-state index in [9.17, 15) is 0 Å². The van der Waals surface area contributed by atoms with Gasteiger partial charge in [-0.25, -0.2) is 0 Å². The van der Waals surface area contributed by atoms with Gasteiger partial charge in [-0.1, -0.05) is 0 Å². The summed E-state index contributed by atoms with van der Waals surface area (Å²) in [4.78, 5) is 0. The second-order valence-electron chi connectivity index (χ2n) is 6.40. The van der Waals surface area contributed by atoms with Gasteiger partial charge in [0, 0.05) is 17.5 Å². The van der Waals surface area contributed by atoms with Crippen molar-refractivity contribution in [2.45, 2.75) is 58.1 Å². The maximum Gasteiger partial charge on any atom is 0.123 e. The van der Waals surface area contributed by atoms with Gasteiger partial charge in [0.05, 0.1) is 6.61 Å². The molecule has 3 nitrogen and oxygen atoms in total. The molecule has 2 aliphatic heterocycles. The molecule has 1 fully saturated rings. The Morgan fingerprint density at radius 1 is 1.45 bits per heavy atom. The van der Waals surface area contributed by atoms with Crippen molar-refractivity contribution in [3.05, 3.63) is 23.3 Å². The molecule has 2 unspecified atom stereocenters. The molecule has 1 saturated heterocycles. The summed E-state index contributed by atoms with van der Waals surface area (Å²) in [6.45, 7) is 8.32. The van der Waals surface area contributed by atoms with E-state index in [0.717, 1.165) is 30.9 Å². The summed E-state index contributed by atoms with van der Waals surface area (Å²) in [5.74, 6) is 2.09. The van der Waals surface area contributed by atoms with Crippen molar-refractivity contribution in [1.82, 2.24) is 5.32 Å². The van der Waals surface area contributed by atoms with Gasteiger partial charge < -0.3 is 14.8 Å². The van der Waals surface area contributed by atoms with Crippen molar-refractivity contribution < 1.29 is 9.47 Å². The zero-order valence-electron chi connectivity index (χ0n) is 12.8. The van der Waals surface area contributed by atoms with E-state index in [-0.39, 0.29) is 11.6 Å². The van der Waals surface area contributed by atoms with E-state index in [1.165, 1.54) is 24.0 Å². The third-order valence-corrected chi connectivity index (χ3v) is 4.42. The molecule has 2 atom stereocenters. The van der Waals surface area contributed by atoms with Gasteiger partial charge in [-0.15, -0.1) is 0 Å². The Morgan fingerprint density at radius 3 is 3.00 bits per heavy atom. The highest BCUT2D eigenvalue weighted by Gasteiger charge is 2.30. The Labute approximate surface area is 121 Å². The third-order valence-electron chi connectivity index (χ3n) is 4.42. The summed E-state index contributed by atoms with van der Waals surface area (Å²) in [7, 11) is 0. The smallest absolute Gasteiger partial charge is 0.123 e. The zero-order valence-corrected chi connectivity index (χ0v) is 12.8. The summed E-state index contributed by atoms with van der Waals surface area (Å²) in [5.41, 5.74) is 2.76. The summed E-state index contributed by atoms with van der Waals surface area (Å²) in [5, 5.41) is 3.63. The third kappa shape index (κ3) is 2.64. The maximum atomic E-state index is 5.90. The molecule has 3 rings (SSSR count). The first-order valence-corrected chi connectivity index (χ1v) is 7.80. The molecular weight excluding hydrogens is 250 g/mol. The summed E-state index contributed by atoms with van der Waals surface area (Å²) in [6.07, 6.45) is 4.78. The highest BCUT2D eigenvalue weighted by molar-refractivity contribution is 5.49. The number of rotatable bonds is 4. The maximum absolute atomic E-state index is 5.90. The second-order valence-corrected chi connectivity index (χ2v) is 6.40. The van der Waals surface area contributed by atoms with Crippen molar-refractivity contribution in [3.8, 4) is 11.5 Å². The second kappa shape index (κ2) is 5.28. The molecule has 0 radical (unpaired) electrons. The molecule has 0 bridgehead atoms. The van der Waals surface area contributed by atoms with Crippen molar-refractivity contribution in [2.24, 2.45) is 0 Å². The minimum Gasteiger partial charge on any atom is -0.494 e. The average molecular weight is 275 g/mol. The molecule has 0 spiro atoms. The Balaban J connectivity index is 1.90. The van der Waals surface area contributed by atoms with Gasteiger partial charge in [-0.05, 0) is 64.3 Å². The molecule has 20 heavy (non-hydrogen) atoms. The van der Waals surface area contributed by atoms with Crippen molar-refractivity contribution in [1.29, 1.82) is 0 Å². The zero-order chi connectivity index (χ0) is 14.2. The minimum atomic E-state index is 0.199. The van der Waals surface area contributed by atoms with Gasteiger partial charge in [-0.3, -0.25) is 0 Å². The van der Waals surface area contributed by atoms with Gasteiger partial charge in [0.2, 0.25) is 0 Å². The molecule has 0 saturated carbocycles. The van der Waals surface area contributed by atoms with Crippen LogP contribution < -0.4 is 14.8 Å². The Morgan fingerprint density at radius 2 is 2.30 bits per heavy atom. The number of nitrogens with one attached hydrogen (secondary N) is 1. The highest BCUT2D eigenvalue weighted by Crippen LogP contribution is 2.37. The SMILES string of the molecule is CCOc1cc2c(cc1CC1(C)CCCN1)OC(C)C2. The molecule has 0 aliphatic carbocycles. The van der Waals surface area contributed by atoms with Crippen LogP contribution in [0.15, 0.2) is 12.1 Å². The van der Waals surface area contributed by atoms with Gasteiger partial charge in [0.15, 0.2) is 0 Å². The Kier molecular flexibility index (Phi) is 3.63. The molecule has 3 heteroatoms. The first kappa shape index (κ1) is 13.7. The van der Waals surface area contributed by atoms with E-state index in [0.29, 0.717) is 6.61 Å². The van der Waals surface area contributed by atoms with Crippen molar-refractivity contribution >= 4 is 0 Å². The lowest BCUT2D eigenvalue weighted by Gasteiger charge is -2.26. The molecule has 110 valence electrons. The fourth-order valence-electron chi connectivity index (χ4n) is 3.44. The molecule has 0 aromatic heterocycles. The van der Waals surface area contributed by atoms with Crippen molar-refractivity contribution in [2.75, 3.05) is 13.2 Å². The van der Waals surface area contributed by atoms with Crippen LogP contribution in [0.2, 0.25) is 0 Å². The summed E-state index contributed by atoms with van der Waals surface area (Å²) < 4.78 is 11.8. The number of ether oxygens (including phenoxy) is 2. The molecule has 1 aromatic rings. The van der Waals surface area contributed by atoms with Crippen LogP contribution in [-0.4, -0.2) is 24.8 Å². The van der Waals surface area contributed by atoms with Crippen LogP contribution in [0, 0.1) is 0 Å². The van der Waals surface area contributed by atoms with E-state index in [2.05, 4.69) is 31.3 Å². The number of fused-ring (bicyclic) bond motifs is 1. The lowest BCUT2D eigenvalue weighted by atomic mass is 9.90. The Hall–Kier alpha value is -1.22. The van der Waals surface area contributed by atoms with Crippen LogP contribution >= 0.6 is 0 Å². The first-order chi connectivity index (χ1) is 9.59. The fraction of sp³-hybridized carbons (Fsp3) is 0.647.